The van der Waals surface area contributed by atoms with Crippen LogP contribution in [0.2, 0.25) is 0 Å². The molecule has 0 N–H and O–H groups in total. The fourth-order valence-electron chi connectivity index (χ4n) is 1.86. The smallest absolute Gasteiger partial charge is 0.230 e. The molecule has 0 bridgehead atoms. The maximum absolute atomic E-state index is 14.0. The molecule has 28 heavy (non-hydrogen) atoms. The van der Waals surface area contributed by atoms with Gasteiger partial charge in [-0.1, -0.05) is 28.1 Å². The van der Waals surface area contributed by atoms with Crippen LogP contribution < -0.4 is 0 Å². The molecule has 162 valence electrons. The first kappa shape index (κ1) is 25.0. The van der Waals surface area contributed by atoms with Crippen LogP contribution in [0.3, 0.4) is 0 Å². The van der Waals surface area contributed by atoms with E-state index in [4.69, 9.17) is 9.78 Å². The third-order valence-electron chi connectivity index (χ3n) is 3.31. The summed E-state index contributed by atoms with van der Waals surface area (Å²) in [6, 6.07) is 4.89. The topological polar surface area (TPSA) is 18.5 Å². The van der Waals surface area contributed by atoms with Crippen LogP contribution >= 0.6 is 15.9 Å². The average Bonchev–Trinajstić information content (AvgIpc) is 2.50. The van der Waals surface area contributed by atoms with Gasteiger partial charge in [-0.05, 0) is 38.5 Å². The van der Waals surface area contributed by atoms with Crippen LogP contribution in [0.1, 0.15) is 38.9 Å². The standard InChI is InChI=1S/C16H16BrF9O2/c1-12(2,3)28-27-11(9-4-6-10(17)7-5-9)8-13(18,19)14(20,21)15(22,23)16(24,25)26/h4-7,11H,8H2,1-3H3. The summed E-state index contributed by atoms with van der Waals surface area (Å²) in [6.45, 7) is 4.24. The summed E-state index contributed by atoms with van der Waals surface area (Å²) < 4.78 is 118. The van der Waals surface area contributed by atoms with Crippen molar-refractivity contribution in [2.75, 3.05) is 0 Å². The summed E-state index contributed by atoms with van der Waals surface area (Å²) in [5.41, 5.74) is -1.31. The van der Waals surface area contributed by atoms with Crippen molar-refractivity contribution in [3.05, 3.63) is 34.3 Å². The minimum Gasteiger partial charge on any atom is -0.230 e. The van der Waals surface area contributed by atoms with Crippen molar-refractivity contribution in [3.8, 4) is 0 Å². The van der Waals surface area contributed by atoms with E-state index in [2.05, 4.69) is 15.9 Å². The quantitative estimate of drug-likeness (QED) is 0.230. The summed E-state index contributed by atoms with van der Waals surface area (Å²) in [6.07, 6.45) is -11.1. The van der Waals surface area contributed by atoms with Gasteiger partial charge in [0.25, 0.3) is 0 Å². The number of halogens is 10. The molecular formula is C16H16BrF9O2. The molecule has 0 saturated heterocycles. The van der Waals surface area contributed by atoms with Crippen LogP contribution in [-0.2, 0) is 9.78 Å². The summed E-state index contributed by atoms with van der Waals surface area (Å²) in [4.78, 5) is 9.49. The Hall–Kier alpha value is -1.01. The fraction of sp³-hybridized carbons (Fsp3) is 0.625. The van der Waals surface area contributed by atoms with Crippen molar-refractivity contribution in [1.29, 1.82) is 0 Å². The van der Waals surface area contributed by atoms with E-state index in [-0.39, 0.29) is 5.56 Å². The first-order valence-corrected chi connectivity index (χ1v) is 8.41. The SMILES string of the molecule is CC(C)(C)OOC(CC(F)(F)C(F)(F)C(F)(F)C(F)(F)F)c1ccc(Br)cc1. The normalized spacial score (nSPS) is 15.6. The maximum Gasteiger partial charge on any atom is 0.460 e. The molecule has 0 aliphatic rings. The van der Waals surface area contributed by atoms with E-state index < -0.39 is 42.1 Å². The second kappa shape index (κ2) is 8.02. The molecule has 0 spiro atoms. The molecule has 1 unspecified atom stereocenters. The Morgan fingerprint density at radius 2 is 1.29 bits per heavy atom. The fourth-order valence-corrected chi connectivity index (χ4v) is 2.12. The lowest BCUT2D eigenvalue weighted by atomic mass is 9.95. The molecule has 12 heteroatoms. The molecule has 0 heterocycles. The zero-order valence-electron chi connectivity index (χ0n) is 14.7. The molecule has 1 aromatic carbocycles. The van der Waals surface area contributed by atoms with Crippen molar-refractivity contribution in [2.24, 2.45) is 0 Å². The van der Waals surface area contributed by atoms with Crippen LogP contribution in [0.5, 0.6) is 0 Å². The molecule has 2 nitrogen and oxygen atoms in total. The Morgan fingerprint density at radius 1 is 0.821 bits per heavy atom. The molecule has 0 aromatic heterocycles. The van der Waals surface area contributed by atoms with Crippen LogP contribution in [0.15, 0.2) is 28.7 Å². The van der Waals surface area contributed by atoms with E-state index in [1.54, 1.807) is 0 Å². The van der Waals surface area contributed by atoms with Crippen molar-refractivity contribution in [1.82, 2.24) is 0 Å². The highest BCUT2D eigenvalue weighted by atomic mass is 79.9. The van der Waals surface area contributed by atoms with Crippen LogP contribution in [-0.4, -0.2) is 29.5 Å². The number of alkyl halides is 9. The van der Waals surface area contributed by atoms with Crippen molar-refractivity contribution >= 4 is 15.9 Å². The molecule has 1 atom stereocenters. The lowest BCUT2D eigenvalue weighted by Crippen LogP contribution is -2.61. The van der Waals surface area contributed by atoms with Gasteiger partial charge in [-0.2, -0.15) is 39.5 Å². The largest absolute Gasteiger partial charge is 0.460 e. The highest BCUT2D eigenvalue weighted by Crippen LogP contribution is 2.55. The molecule has 0 aliphatic carbocycles. The van der Waals surface area contributed by atoms with Gasteiger partial charge in [-0.3, -0.25) is 0 Å². The molecule has 0 amide bonds. The van der Waals surface area contributed by atoms with E-state index in [1.165, 1.54) is 32.9 Å². The molecule has 1 rings (SSSR count). The lowest BCUT2D eigenvalue weighted by Gasteiger charge is -2.35. The summed E-state index contributed by atoms with van der Waals surface area (Å²) in [7, 11) is 0. The molecule has 0 fully saturated rings. The van der Waals surface area contributed by atoms with E-state index >= 15 is 0 Å². The zero-order valence-corrected chi connectivity index (χ0v) is 16.3. The monoisotopic (exact) mass is 490 g/mol. The van der Waals surface area contributed by atoms with Gasteiger partial charge in [-0.25, -0.2) is 9.78 Å². The molecule has 1 aromatic rings. The predicted octanol–water partition coefficient (Wildman–Crippen LogP) is 7.10. The number of hydrogen-bond acceptors (Lipinski definition) is 2. The minimum absolute atomic E-state index is 0.196. The second-order valence-electron chi connectivity index (χ2n) is 6.89. The third-order valence-corrected chi connectivity index (χ3v) is 3.84. The van der Waals surface area contributed by atoms with E-state index in [0.29, 0.717) is 4.47 Å². The van der Waals surface area contributed by atoms with Gasteiger partial charge in [0, 0.05) is 4.47 Å². The van der Waals surface area contributed by atoms with E-state index in [9.17, 15) is 39.5 Å². The Balaban J connectivity index is 3.25. The predicted molar refractivity (Wildman–Crippen MR) is 84.3 cm³/mol. The lowest BCUT2D eigenvalue weighted by molar-refractivity contribution is -0.413. The van der Waals surface area contributed by atoms with Gasteiger partial charge in [0.05, 0.1) is 12.0 Å². The first-order valence-electron chi connectivity index (χ1n) is 7.62. The van der Waals surface area contributed by atoms with Crippen molar-refractivity contribution in [2.45, 2.75) is 62.8 Å². The van der Waals surface area contributed by atoms with Gasteiger partial charge < -0.3 is 0 Å². The Bertz CT molecular complexity index is 652. The number of hydrogen-bond donors (Lipinski definition) is 0. The van der Waals surface area contributed by atoms with Gasteiger partial charge >= 0.3 is 23.9 Å². The Labute approximate surface area is 163 Å². The zero-order chi connectivity index (χ0) is 22.2. The average molecular weight is 491 g/mol. The van der Waals surface area contributed by atoms with Gasteiger partial charge in [0.1, 0.15) is 6.10 Å². The minimum atomic E-state index is -6.96. The van der Waals surface area contributed by atoms with Gasteiger partial charge in [0.15, 0.2) is 0 Å². The van der Waals surface area contributed by atoms with Crippen LogP contribution in [0.25, 0.3) is 0 Å². The Morgan fingerprint density at radius 3 is 1.68 bits per heavy atom. The summed E-state index contributed by atoms with van der Waals surface area (Å²) >= 11 is 3.04. The summed E-state index contributed by atoms with van der Waals surface area (Å²) in [5.74, 6) is -19.5. The highest BCUT2D eigenvalue weighted by molar-refractivity contribution is 9.10. The van der Waals surface area contributed by atoms with Crippen molar-refractivity contribution in [3.63, 3.8) is 0 Å². The third kappa shape index (κ3) is 5.53. The molecule has 0 radical (unpaired) electrons. The van der Waals surface area contributed by atoms with Crippen LogP contribution in [0.4, 0.5) is 39.5 Å². The summed E-state index contributed by atoms with van der Waals surface area (Å²) in [5, 5.41) is 0. The van der Waals surface area contributed by atoms with Crippen molar-refractivity contribution < 1.29 is 49.3 Å². The van der Waals surface area contributed by atoms with Gasteiger partial charge in [0.2, 0.25) is 0 Å². The first-order chi connectivity index (χ1) is 12.3. The van der Waals surface area contributed by atoms with Crippen LogP contribution in [0, 0.1) is 0 Å². The molecular weight excluding hydrogens is 475 g/mol. The number of rotatable bonds is 7. The number of benzene rings is 1. The van der Waals surface area contributed by atoms with E-state index in [1.807, 2.05) is 0 Å². The van der Waals surface area contributed by atoms with Gasteiger partial charge in [-0.15, -0.1) is 0 Å². The highest BCUT2D eigenvalue weighted by Gasteiger charge is 2.81. The second-order valence-corrected chi connectivity index (χ2v) is 7.80. The van der Waals surface area contributed by atoms with E-state index in [0.717, 1.165) is 12.1 Å². The Kier molecular flexibility index (Phi) is 7.17. The molecule has 0 aliphatic heterocycles. The maximum atomic E-state index is 14.0. The molecule has 0 saturated carbocycles.